The molecule has 1 heterocycles. The van der Waals surface area contributed by atoms with Crippen molar-refractivity contribution in [2.75, 3.05) is 27.2 Å². The van der Waals surface area contributed by atoms with Gasteiger partial charge in [0.15, 0.2) is 0 Å². The summed E-state index contributed by atoms with van der Waals surface area (Å²) >= 11 is 5.99. The van der Waals surface area contributed by atoms with E-state index in [1.165, 1.54) is 0 Å². The zero-order chi connectivity index (χ0) is 15.2. The fourth-order valence-corrected chi connectivity index (χ4v) is 2.38. The van der Waals surface area contributed by atoms with E-state index in [9.17, 15) is 4.79 Å². The van der Waals surface area contributed by atoms with Crippen LogP contribution in [0.4, 0.5) is 0 Å². The van der Waals surface area contributed by atoms with Crippen LogP contribution in [0, 0.1) is 0 Å². The molecule has 1 amide bonds. The highest BCUT2D eigenvalue weighted by atomic mass is 35.5. The van der Waals surface area contributed by atoms with E-state index >= 15 is 0 Å². The quantitative estimate of drug-likeness (QED) is 0.659. The maximum atomic E-state index is 12.3. The van der Waals surface area contributed by atoms with Crippen molar-refractivity contribution < 1.29 is 4.79 Å². The summed E-state index contributed by atoms with van der Waals surface area (Å²) < 4.78 is 0. The number of halogens is 1. The molecular formula is C16H20ClN3O. The molecule has 21 heavy (non-hydrogen) atoms. The van der Waals surface area contributed by atoms with Crippen molar-refractivity contribution in [1.29, 1.82) is 0 Å². The second-order valence-corrected chi connectivity index (χ2v) is 5.66. The number of hydrogen-bond donors (Lipinski definition) is 1. The van der Waals surface area contributed by atoms with Gasteiger partial charge in [0, 0.05) is 11.9 Å². The Balaban J connectivity index is 2.02. The number of nitrogens with zero attached hydrogens (tertiary/aromatic N) is 2. The summed E-state index contributed by atoms with van der Waals surface area (Å²) in [5, 5.41) is 4.11. The Bertz CT molecular complexity index is 628. The zero-order valence-corrected chi connectivity index (χ0v) is 13.2. The highest BCUT2D eigenvalue weighted by Crippen LogP contribution is 2.20. The minimum atomic E-state index is -0.0969. The van der Waals surface area contributed by atoms with Crippen LogP contribution in [-0.4, -0.2) is 43.0 Å². The van der Waals surface area contributed by atoms with Gasteiger partial charge in [0.05, 0.1) is 11.1 Å². The number of para-hydroxylation sites is 1. The predicted molar refractivity (Wildman–Crippen MR) is 86.9 cm³/mol. The van der Waals surface area contributed by atoms with Gasteiger partial charge in [-0.2, -0.15) is 0 Å². The second kappa shape index (κ2) is 7.38. The van der Waals surface area contributed by atoms with Gasteiger partial charge in [-0.25, -0.2) is 4.98 Å². The first kappa shape index (κ1) is 15.7. The van der Waals surface area contributed by atoms with Gasteiger partial charge in [-0.3, -0.25) is 4.79 Å². The molecule has 0 spiro atoms. The van der Waals surface area contributed by atoms with E-state index in [1.54, 1.807) is 6.07 Å². The Hall–Kier alpha value is -1.65. The first-order valence-electron chi connectivity index (χ1n) is 7.06. The fourth-order valence-electron chi connectivity index (χ4n) is 2.18. The van der Waals surface area contributed by atoms with E-state index in [4.69, 9.17) is 11.6 Å². The van der Waals surface area contributed by atoms with Crippen LogP contribution < -0.4 is 5.32 Å². The molecule has 2 rings (SSSR count). The van der Waals surface area contributed by atoms with E-state index in [0.29, 0.717) is 17.3 Å². The number of carbonyl (C=O) groups is 1. The molecule has 0 radical (unpaired) electrons. The Labute approximate surface area is 130 Å². The largest absolute Gasteiger partial charge is 0.352 e. The molecule has 0 saturated heterocycles. The molecule has 0 atom stereocenters. The number of carbonyl (C=O) groups excluding carboxylic acids is 1. The molecule has 1 N–H and O–H groups in total. The summed E-state index contributed by atoms with van der Waals surface area (Å²) in [6.45, 7) is 1.70. The number of rotatable bonds is 6. The second-order valence-electron chi connectivity index (χ2n) is 5.28. The third-order valence-corrected chi connectivity index (χ3v) is 3.44. The van der Waals surface area contributed by atoms with Gasteiger partial charge in [0.25, 0.3) is 5.91 Å². The maximum Gasteiger partial charge on any atom is 0.252 e. The average Bonchev–Trinajstić information content (AvgIpc) is 2.45. The minimum absolute atomic E-state index is 0.0969. The molecule has 1 aromatic carbocycles. The molecule has 1 aromatic heterocycles. The molecule has 5 heteroatoms. The van der Waals surface area contributed by atoms with Crippen molar-refractivity contribution in [3.05, 3.63) is 41.0 Å². The lowest BCUT2D eigenvalue weighted by atomic mass is 10.1. The third kappa shape index (κ3) is 4.41. The Morgan fingerprint density at radius 2 is 2.05 bits per heavy atom. The van der Waals surface area contributed by atoms with Crippen LogP contribution in [0.5, 0.6) is 0 Å². The third-order valence-electron chi connectivity index (χ3n) is 3.25. The van der Waals surface area contributed by atoms with E-state index < -0.39 is 0 Å². The average molecular weight is 306 g/mol. The minimum Gasteiger partial charge on any atom is -0.352 e. The first-order valence-corrected chi connectivity index (χ1v) is 7.44. The molecule has 0 saturated carbocycles. The molecule has 112 valence electrons. The van der Waals surface area contributed by atoms with Crippen LogP contribution in [0.1, 0.15) is 23.2 Å². The van der Waals surface area contributed by atoms with Crippen LogP contribution in [-0.2, 0) is 0 Å². The van der Waals surface area contributed by atoms with Crippen molar-refractivity contribution >= 4 is 28.4 Å². The number of benzene rings is 1. The first-order chi connectivity index (χ1) is 10.1. The van der Waals surface area contributed by atoms with Crippen molar-refractivity contribution in [2.45, 2.75) is 12.8 Å². The normalized spacial score (nSPS) is 11.0. The standard InChI is InChI=1S/C16H20ClN3O/c1-20(2)10-6-5-9-18-16(21)13-11-15(17)19-14-8-4-3-7-12(13)14/h3-4,7-8,11H,5-6,9-10H2,1-2H3,(H,18,21). The van der Waals surface area contributed by atoms with E-state index in [-0.39, 0.29) is 5.91 Å². The lowest BCUT2D eigenvalue weighted by Gasteiger charge is -2.10. The molecule has 0 fully saturated rings. The molecule has 0 aliphatic rings. The monoisotopic (exact) mass is 305 g/mol. The van der Waals surface area contributed by atoms with E-state index in [2.05, 4.69) is 15.2 Å². The van der Waals surface area contributed by atoms with Crippen LogP contribution in [0.15, 0.2) is 30.3 Å². The van der Waals surface area contributed by atoms with Crippen molar-refractivity contribution in [2.24, 2.45) is 0 Å². The Morgan fingerprint density at radius 1 is 1.29 bits per heavy atom. The highest BCUT2D eigenvalue weighted by Gasteiger charge is 2.11. The molecule has 0 unspecified atom stereocenters. The fraction of sp³-hybridized carbons (Fsp3) is 0.375. The summed E-state index contributed by atoms with van der Waals surface area (Å²) in [6.07, 6.45) is 2.02. The van der Waals surface area contributed by atoms with Gasteiger partial charge >= 0.3 is 0 Å². The van der Waals surface area contributed by atoms with Crippen LogP contribution in [0.2, 0.25) is 5.15 Å². The Morgan fingerprint density at radius 3 is 2.81 bits per heavy atom. The van der Waals surface area contributed by atoms with Crippen LogP contribution in [0.25, 0.3) is 10.9 Å². The molecule has 4 nitrogen and oxygen atoms in total. The number of unbranched alkanes of at least 4 members (excludes halogenated alkanes) is 1. The SMILES string of the molecule is CN(C)CCCCNC(=O)c1cc(Cl)nc2ccccc12. The summed E-state index contributed by atoms with van der Waals surface area (Å²) in [4.78, 5) is 18.7. The van der Waals surface area contributed by atoms with Crippen molar-refractivity contribution in [3.63, 3.8) is 0 Å². The number of fused-ring (bicyclic) bond motifs is 1. The van der Waals surface area contributed by atoms with E-state index in [1.807, 2.05) is 38.4 Å². The highest BCUT2D eigenvalue weighted by molar-refractivity contribution is 6.30. The van der Waals surface area contributed by atoms with Gasteiger partial charge in [-0.1, -0.05) is 29.8 Å². The van der Waals surface area contributed by atoms with Crippen molar-refractivity contribution in [1.82, 2.24) is 15.2 Å². The molecule has 0 aliphatic carbocycles. The molecular weight excluding hydrogens is 286 g/mol. The van der Waals surface area contributed by atoms with Gasteiger partial charge in [-0.15, -0.1) is 0 Å². The molecule has 2 aromatic rings. The van der Waals surface area contributed by atoms with E-state index in [0.717, 1.165) is 30.3 Å². The van der Waals surface area contributed by atoms with Gasteiger partial charge in [-0.05, 0) is 45.6 Å². The summed E-state index contributed by atoms with van der Waals surface area (Å²) in [6, 6.07) is 9.15. The van der Waals surface area contributed by atoms with Crippen LogP contribution >= 0.6 is 11.6 Å². The van der Waals surface area contributed by atoms with Gasteiger partial charge in [0.1, 0.15) is 5.15 Å². The summed E-state index contributed by atoms with van der Waals surface area (Å²) in [7, 11) is 4.09. The lowest BCUT2D eigenvalue weighted by molar-refractivity contribution is 0.0954. The number of pyridine rings is 1. The smallest absolute Gasteiger partial charge is 0.252 e. The van der Waals surface area contributed by atoms with Gasteiger partial charge < -0.3 is 10.2 Å². The number of nitrogens with one attached hydrogen (secondary N) is 1. The molecule has 0 bridgehead atoms. The molecule has 0 aliphatic heterocycles. The van der Waals surface area contributed by atoms with Crippen molar-refractivity contribution in [3.8, 4) is 0 Å². The summed E-state index contributed by atoms with van der Waals surface area (Å²) in [5.74, 6) is -0.0969. The Kier molecular flexibility index (Phi) is 5.53. The topological polar surface area (TPSA) is 45.2 Å². The van der Waals surface area contributed by atoms with Gasteiger partial charge in [0.2, 0.25) is 0 Å². The number of amides is 1. The lowest BCUT2D eigenvalue weighted by Crippen LogP contribution is -2.25. The number of aromatic nitrogens is 1. The summed E-state index contributed by atoms with van der Waals surface area (Å²) in [5.41, 5.74) is 1.32. The number of hydrogen-bond acceptors (Lipinski definition) is 3. The maximum absolute atomic E-state index is 12.3. The zero-order valence-electron chi connectivity index (χ0n) is 12.4. The van der Waals surface area contributed by atoms with Crippen LogP contribution in [0.3, 0.4) is 0 Å². The predicted octanol–water partition coefficient (Wildman–Crippen LogP) is 2.96.